The molecule has 0 saturated carbocycles. The Morgan fingerprint density at radius 2 is 2.00 bits per heavy atom. The predicted octanol–water partition coefficient (Wildman–Crippen LogP) is 2.48. The number of hydrogen-bond acceptors (Lipinski definition) is 4. The molecule has 1 fully saturated rings. The minimum atomic E-state index is 0.670. The third-order valence-corrected chi connectivity index (χ3v) is 4.42. The minimum absolute atomic E-state index is 0.670. The number of methoxy groups -OCH3 is 1. The largest absolute Gasteiger partial charge is 0.496 e. The van der Waals surface area contributed by atoms with Crippen LogP contribution in [0.25, 0.3) is 0 Å². The van der Waals surface area contributed by atoms with Crippen LogP contribution in [-0.4, -0.2) is 49.1 Å². The molecule has 1 aromatic carbocycles. The van der Waals surface area contributed by atoms with Gasteiger partial charge in [-0.25, -0.2) is 0 Å². The molecule has 0 spiro atoms. The van der Waals surface area contributed by atoms with Crippen molar-refractivity contribution < 1.29 is 4.74 Å². The highest BCUT2D eigenvalue weighted by molar-refractivity contribution is 5.42. The van der Waals surface area contributed by atoms with Crippen molar-refractivity contribution in [3.63, 3.8) is 0 Å². The van der Waals surface area contributed by atoms with Gasteiger partial charge in [0.2, 0.25) is 0 Å². The van der Waals surface area contributed by atoms with Crippen molar-refractivity contribution in [3.05, 3.63) is 29.3 Å². The summed E-state index contributed by atoms with van der Waals surface area (Å²) in [5.41, 5.74) is 1.80. The quantitative estimate of drug-likeness (QED) is 0.834. The van der Waals surface area contributed by atoms with E-state index in [-0.39, 0.29) is 0 Å². The van der Waals surface area contributed by atoms with E-state index in [0.717, 1.165) is 44.0 Å². The van der Waals surface area contributed by atoms with Crippen LogP contribution in [0.3, 0.4) is 0 Å². The summed E-state index contributed by atoms with van der Waals surface area (Å²) in [7, 11) is 1.69. The third kappa shape index (κ3) is 3.96. The van der Waals surface area contributed by atoms with E-state index in [4.69, 9.17) is 10.00 Å². The molecule has 0 aromatic heterocycles. The number of piperazine rings is 1. The molecule has 1 saturated heterocycles. The Morgan fingerprint density at radius 1 is 1.29 bits per heavy atom. The molecule has 1 aliphatic rings. The van der Waals surface area contributed by atoms with E-state index in [2.05, 4.69) is 29.7 Å². The second-order valence-corrected chi connectivity index (χ2v) is 5.71. The van der Waals surface area contributed by atoms with Crippen LogP contribution in [0, 0.1) is 11.3 Å². The first kappa shape index (κ1) is 15.8. The Morgan fingerprint density at radius 3 is 2.57 bits per heavy atom. The fraction of sp³-hybridized carbons (Fsp3) is 0.588. The monoisotopic (exact) mass is 287 g/mol. The Hall–Kier alpha value is -1.57. The molecule has 0 N–H and O–H groups in total. The number of nitriles is 1. The molecule has 1 atom stereocenters. The second kappa shape index (κ2) is 7.44. The van der Waals surface area contributed by atoms with E-state index in [1.807, 2.05) is 18.2 Å². The number of rotatable bonds is 5. The molecule has 0 aliphatic carbocycles. The summed E-state index contributed by atoms with van der Waals surface area (Å²) in [5.74, 6) is 0.873. The molecule has 1 aliphatic heterocycles. The van der Waals surface area contributed by atoms with Crippen LogP contribution in [0.5, 0.6) is 5.75 Å². The van der Waals surface area contributed by atoms with Gasteiger partial charge in [-0.15, -0.1) is 0 Å². The van der Waals surface area contributed by atoms with Crippen LogP contribution in [0.1, 0.15) is 31.4 Å². The summed E-state index contributed by atoms with van der Waals surface area (Å²) < 4.78 is 5.42. The fourth-order valence-electron chi connectivity index (χ4n) is 2.83. The average molecular weight is 287 g/mol. The lowest BCUT2D eigenvalue weighted by Gasteiger charge is -2.38. The maximum atomic E-state index is 9.04. The molecule has 4 heteroatoms. The first-order chi connectivity index (χ1) is 10.2. The molecule has 4 nitrogen and oxygen atoms in total. The molecule has 2 rings (SSSR count). The van der Waals surface area contributed by atoms with Gasteiger partial charge in [0.15, 0.2) is 0 Å². The second-order valence-electron chi connectivity index (χ2n) is 5.71. The topological polar surface area (TPSA) is 39.5 Å². The lowest BCUT2D eigenvalue weighted by atomic mass is 10.1. The van der Waals surface area contributed by atoms with Gasteiger partial charge in [0, 0.05) is 44.3 Å². The Balaban J connectivity index is 1.99. The number of nitrogens with zero attached hydrogens (tertiary/aromatic N) is 3. The molecule has 1 unspecified atom stereocenters. The van der Waals surface area contributed by atoms with Crippen molar-refractivity contribution in [2.45, 2.75) is 32.9 Å². The number of benzene rings is 1. The zero-order valence-corrected chi connectivity index (χ0v) is 13.3. The van der Waals surface area contributed by atoms with Crippen molar-refractivity contribution in [1.29, 1.82) is 5.26 Å². The zero-order chi connectivity index (χ0) is 15.2. The van der Waals surface area contributed by atoms with Crippen LogP contribution in [0.2, 0.25) is 0 Å². The van der Waals surface area contributed by atoms with Gasteiger partial charge in [-0.2, -0.15) is 5.26 Å². The molecule has 21 heavy (non-hydrogen) atoms. The van der Waals surface area contributed by atoms with Crippen LogP contribution >= 0.6 is 0 Å². The Bertz CT molecular complexity index is 501. The maximum Gasteiger partial charge on any atom is 0.123 e. The molecule has 114 valence electrons. The Kier molecular flexibility index (Phi) is 5.60. The van der Waals surface area contributed by atoms with Gasteiger partial charge in [0.05, 0.1) is 18.7 Å². The number of ether oxygens (including phenoxy) is 1. The van der Waals surface area contributed by atoms with Crippen molar-refractivity contribution in [2.75, 3.05) is 33.3 Å². The maximum absolute atomic E-state index is 9.04. The molecule has 1 aromatic rings. The van der Waals surface area contributed by atoms with Gasteiger partial charge in [-0.1, -0.05) is 6.92 Å². The SMILES string of the molecule is CCC(C)N1CCN(Cc2cc(C#N)ccc2OC)CC1. The molecular weight excluding hydrogens is 262 g/mol. The van der Waals surface area contributed by atoms with Gasteiger partial charge in [-0.3, -0.25) is 9.80 Å². The van der Waals surface area contributed by atoms with Crippen molar-refractivity contribution in [1.82, 2.24) is 9.80 Å². The van der Waals surface area contributed by atoms with Crippen LogP contribution < -0.4 is 4.74 Å². The van der Waals surface area contributed by atoms with E-state index in [9.17, 15) is 0 Å². The van der Waals surface area contributed by atoms with Gasteiger partial charge >= 0.3 is 0 Å². The highest BCUT2D eigenvalue weighted by Gasteiger charge is 2.20. The average Bonchev–Trinajstić information content (AvgIpc) is 2.54. The predicted molar refractivity (Wildman–Crippen MR) is 84.3 cm³/mol. The summed E-state index contributed by atoms with van der Waals surface area (Å²) in [4.78, 5) is 5.00. The summed E-state index contributed by atoms with van der Waals surface area (Å²) in [5, 5.41) is 9.04. The summed E-state index contributed by atoms with van der Waals surface area (Å²) in [6.45, 7) is 9.79. The van der Waals surface area contributed by atoms with Crippen LogP contribution in [0.15, 0.2) is 18.2 Å². The third-order valence-electron chi connectivity index (χ3n) is 4.42. The number of hydrogen-bond donors (Lipinski definition) is 0. The normalized spacial score (nSPS) is 18.2. The van der Waals surface area contributed by atoms with E-state index < -0.39 is 0 Å². The summed E-state index contributed by atoms with van der Waals surface area (Å²) >= 11 is 0. The summed E-state index contributed by atoms with van der Waals surface area (Å²) in [6, 6.07) is 8.52. The van der Waals surface area contributed by atoms with E-state index in [1.165, 1.54) is 6.42 Å². The lowest BCUT2D eigenvalue weighted by molar-refractivity contribution is 0.0958. The summed E-state index contributed by atoms with van der Waals surface area (Å²) in [6.07, 6.45) is 1.21. The molecular formula is C17H25N3O. The smallest absolute Gasteiger partial charge is 0.123 e. The van der Waals surface area contributed by atoms with E-state index >= 15 is 0 Å². The molecule has 0 radical (unpaired) electrons. The first-order valence-electron chi connectivity index (χ1n) is 7.71. The van der Waals surface area contributed by atoms with Crippen molar-refractivity contribution >= 4 is 0 Å². The first-order valence-corrected chi connectivity index (χ1v) is 7.71. The van der Waals surface area contributed by atoms with Gasteiger partial charge < -0.3 is 4.74 Å². The lowest BCUT2D eigenvalue weighted by Crippen LogP contribution is -2.49. The standard InChI is InChI=1S/C17H25N3O/c1-4-14(2)20-9-7-19(8-10-20)13-16-11-15(12-18)5-6-17(16)21-3/h5-6,11,14H,4,7-10,13H2,1-3H3. The molecule has 0 bridgehead atoms. The van der Waals surface area contributed by atoms with Gasteiger partial charge in [0.1, 0.15) is 5.75 Å². The van der Waals surface area contributed by atoms with Crippen LogP contribution in [0.4, 0.5) is 0 Å². The zero-order valence-electron chi connectivity index (χ0n) is 13.3. The van der Waals surface area contributed by atoms with Crippen molar-refractivity contribution in [2.24, 2.45) is 0 Å². The van der Waals surface area contributed by atoms with Crippen molar-refractivity contribution in [3.8, 4) is 11.8 Å². The van der Waals surface area contributed by atoms with E-state index in [0.29, 0.717) is 11.6 Å². The minimum Gasteiger partial charge on any atom is -0.496 e. The Labute approximate surface area is 127 Å². The van der Waals surface area contributed by atoms with Crippen LogP contribution in [-0.2, 0) is 6.54 Å². The van der Waals surface area contributed by atoms with Gasteiger partial charge in [-0.05, 0) is 31.5 Å². The fourth-order valence-corrected chi connectivity index (χ4v) is 2.83. The molecule has 0 amide bonds. The van der Waals surface area contributed by atoms with Gasteiger partial charge in [0.25, 0.3) is 0 Å². The highest BCUT2D eigenvalue weighted by atomic mass is 16.5. The van der Waals surface area contributed by atoms with E-state index in [1.54, 1.807) is 7.11 Å². The molecule has 1 heterocycles. The highest BCUT2D eigenvalue weighted by Crippen LogP contribution is 2.22.